The summed E-state index contributed by atoms with van der Waals surface area (Å²) in [4.78, 5) is 3.90. The second-order valence-electron chi connectivity index (χ2n) is 5.01. The highest BCUT2D eigenvalue weighted by Gasteiger charge is 2.60. The molecule has 0 radical (unpaired) electrons. The summed E-state index contributed by atoms with van der Waals surface area (Å²) in [7, 11) is 0. The van der Waals surface area contributed by atoms with Crippen LogP contribution in [0.4, 0.5) is 0 Å². The van der Waals surface area contributed by atoms with E-state index in [9.17, 15) is 10.4 Å². The molecule has 0 saturated heterocycles. The lowest BCUT2D eigenvalue weighted by Gasteiger charge is -2.31. The molecule has 0 aliphatic carbocycles. The average Bonchev–Trinajstić information content (AvgIpc) is 2.73. The van der Waals surface area contributed by atoms with Crippen molar-refractivity contribution in [3.8, 4) is 0 Å². The van der Waals surface area contributed by atoms with Crippen molar-refractivity contribution >= 4 is 5.96 Å². The minimum atomic E-state index is -0.610. The van der Waals surface area contributed by atoms with E-state index in [2.05, 4.69) is 4.98 Å². The van der Waals surface area contributed by atoms with E-state index < -0.39 is 11.1 Å². The summed E-state index contributed by atoms with van der Waals surface area (Å²) in [6.45, 7) is 7.45. The Bertz CT molecular complexity index is 434. The summed E-state index contributed by atoms with van der Waals surface area (Å²) in [6.07, 6.45) is 4.78. The minimum Gasteiger partial charge on any atom is -0.375 e. The molecule has 0 fully saturated rings. The Labute approximate surface area is 94.0 Å². The van der Waals surface area contributed by atoms with Crippen LogP contribution in [0.2, 0.25) is 0 Å². The van der Waals surface area contributed by atoms with Crippen LogP contribution < -0.4 is 0 Å². The van der Waals surface area contributed by atoms with E-state index in [1.54, 1.807) is 17.0 Å². The predicted molar refractivity (Wildman–Crippen MR) is 56.5 cm³/mol. The van der Waals surface area contributed by atoms with Crippen molar-refractivity contribution in [1.82, 2.24) is 14.6 Å². The van der Waals surface area contributed by atoms with Crippen LogP contribution >= 0.6 is 0 Å². The number of hydroxylamine groups is 3. The fourth-order valence-corrected chi connectivity index (χ4v) is 1.70. The molecule has 1 aliphatic rings. The highest BCUT2D eigenvalue weighted by molar-refractivity contribution is 5.78. The number of nitrogens with zero attached hydrogens (tertiary/aromatic N) is 4. The van der Waals surface area contributed by atoms with Crippen LogP contribution in [0.3, 0.4) is 0 Å². The molecule has 6 nitrogen and oxygen atoms in total. The molecule has 0 amide bonds. The van der Waals surface area contributed by atoms with Crippen LogP contribution in [0.1, 0.15) is 27.7 Å². The summed E-state index contributed by atoms with van der Waals surface area (Å²) in [5, 5.41) is 21.3. The van der Waals surface area contributed by atoms with Crippen LogP contribution in [0.25, 0.3) is 0 Å². The molecule has 16 heavy (non-hydrogen) atoms. The van der Waals surface area contributed by atoms with E-state index in [1.165, 1.54) is 6.33 Å². The van der Waals surface area contributed by atoms with Gasteiger partial charge in [0, 0.05) is 0 Å². The molecule has 2 N–H and O–H groups in total. The molecule has 0 bridgehead atoms. The number of rotatable bonds is 0. The third-order valence-corrected chi connectivity index (χ3v) is 3.67. The first-order chi connectivity index (χ1) is 7.30. The van der Waals surface area contributed by atoms with Crippen LogP contribution in [0, 0.1) is 0 Å². The van der Waals surface area contributed by atoms with Crippen molar-refractivity contribution < 1.29 is 15.2 Å². The highest BCUT2D eigenvalue weighted by atomic mass is 16.5. The van der Waals surface area contributed by atoms with Gasteiger partial charge >= 0.3 is 5.96 Å². The standard InChI is InChI=1S/C10H17N4O2/c1-9(2)10(3,4)14(16)8(13(9)15)12-6-5-11-7-12/h5-7,15-16H,1-4H3/q+1. The van der Waals surface area contributed by atoms with Gasteiger partial charge in [-0.15, -0.1) is 5.06 Å². The molecular weight excluding hydrogens is 208 g/mol. The molecule has 1 aromatic rings. The highest BCUT2D eigenvalue weighted by Crippen LogP contribution is 2.35. The first kappa shape index (κ1) is 10.9. The van der Waals surface area contributed by atoms with Gasteiger partial charge in [0.2, 0.25) is 0 Å². The SMILES string of the molecule is CC1(C)N(O)C(n2ccnc2)=[N+](O)C1(C)C. The van der Waals surface area contributed by atoms with Crippen molar-refractivity contribution in [3.63, 3.8) is 0 Å². The lowest BCUT2D eigenvalue weighted by atomic mass is 9.84. The van der Waals surface area contributed by atoms with Crippen molar-refractivity contribution in [2.75, 3.05) is 0 Å². The molecule has 0 aromatic carbocycles. The lowest BCUT2D eigenvalue weighted by Crippen LogP contribution is -2.54. The Balaban J connectivity index is 2.59. The molecule has 0 saturated carbocycles. The molecule has 2 heterocycles. The van der Waals surface area contributed by atoms with E-state index >= 15 is 0 Å². The van der Waals surface area contributed by atoms with Gasteiger partial charge in [-0.2, -0.15) is 4.57 Å². The quantitative estimate of drug-likeness (QED) is 0.505. The van der Waals surface area contributed by atoms with Crippen LogP contribution in [-0.2, 0) is 0 Å². The zero-order valence-corrected chi connectivity index (χ0v) is 9.92. The molecule has 88 valence electrons. The second kappa shape index (κ2) is 2.98. The van der Waals surface area contributed by atoms with Crippen molar-refractivity contribution in [1.29, 1.82) is 0 Å². The average molecular weight is 225 g/mol. The topological polar surface area (TPSA) is 64.5 Å². The van der Waals surface area contributed by atoms with Crippen molar-refractivity contribution in [3.05, 3.63) is 18.7 Å². The summed E-state index contributed by atoms with van der Waals surface area (Å²) in [6, 6.07) is 0. The van der Waals surface area contributed by atoms with E-state index in [0.717, 1.165) is 9.80 Å². The maximum absolute atomic E-state index is 10.1. The predicted octanol–water partition coefficient (Wildman–Crippen LogP) is 0.751. The fourth-order valence-electron chi connectivity index (χ4n) is 1.70. The van der Waals surface area contributed by atoms with Gasteiger partial charge in [0.1, 0.15) is 0 Å². The Kier molecular flexibility index (Phi) is 2.03. The summed E-state index contributed by atoms with van der Waals surface area (Å²) < 4.78 is 2.63. The number of aromatic nitrogens is 2. The normalized spacial score (nSPS) is 22.9. The minimum absolute atomic E-state index is 0.285. The van der Waals surface area contributed by atoms with E-state index in [0.29, 0.717) is 0 Å². The van der Waals surface area contributed by atoms with Gasteiger partial charge in [0.15, 0.2) is 17.4 Å². The molecule has 2 rings (SSSR count). The number of hydrogen-bond acceptors (Lipinski definition) is 4. The first-order valence-electron chi connectivity index (χ1n) is 5.13. The zero-order chi connectivity index (χ0) is 12.1. The van der Waals surface area contributed by atoms with Gasteiger partial charge in [-0.3, -0.25) is 0 Å². The number of imidazole rings is 1. The third-order valence-electron chi connectivity index (χ3n) is 3.67. The Hall–Kier alpha value is -1.56. The maximum Gasteiger partial charge on any atom is 0.427 e. The lowest BCUT2D eigenvalue weighted by molar-refractivity contribution is -0.821. The van der Waals surface area contributed by atoms with Gasteiger partial charge < -0.3 is 5.21 Å². The van der Waals surface area contributed by atoms with Gasteiger partial charge in [-0.1, -0.05) is 4.74 Å². The van der Waals surface area contributed by atoms with E-state index in [4.69, 9.17) is 0 Å². The van der Waals surface area contributed by atoms with Crippen LogP contribution in [0.15, 0.2) is 18.7 Å². The first-order valence-corrected chi connectivity index (χ1v) is 5.13. The third kappa shape index (κ3) is 1.10. The molecule has 0 spiro atoms. The maximum atomic E-state index is 10.1. The van der Waals surface area contributed by atoms with Crippen LogP contribution in [-0.4, -0.2) is 46.8 Å². The Morgan fingerprint density at radius 2 is 1.94 bits per heavy atom. The second-order valence-corrected chi connectivity index (χ2v) is 5.01. The molecule has 0 unspecified atom stereocenters. The zero-order valence-electron chi connectivity index (χ0n) is 9.92. The van der Waals surface area contributed by atoms with Gasteiger partial charge in [0.25, 0.3) is 0 Å². The number of hydrogen-bond donors (Lipinski definition) is 2. The van der Waals surface area contributed by atoms with E-state index in [1.807, 2.05) is 27.7 Å². The molecule has 1 aliphatic heterocycles. The Morgan fingerprint density at radius 3 is 2.31 bits per heavy atom. The fraction of sp³-hybridized carbons (Fsp3) is 0.600. The molecule has 1 aromatic heterocycles. The van der Waals surface area contributed by atoms with Gasteiger partial charge in [-0.05, 0) is 27.7 Å². The summed E-state index contributed by atoms with van der Waals surface area (Å²) in [5.41, 5.74) is -1.22. The summed E-state index contributed by atoms with van der Waals surface area (Å²) in [5.74, 6) is 0.285. The molecular formula is C10H17N4O2+. The van der Waals surface area contributed by atoms with E-state index in [-0.39, 0.29) is 5.96 Å². The van der Waals surface area contributed by atoms with Crippen molar-refractivity contribution in [2.24, 2.45) is 0 Å². The van der Waals surface area contributed by atoms with Crippen molar-refractivity contribution in [2.45, 2.75) is 38.8 Å². The summed E-state index contributed by atoms with van der Waals surface area (Å²) >= 11 is 0. The molecule has 0 atom stereocenters. The van der Waals surface area contributed by atoms with Gasteiger partial charge in [0.05, 0.1) is 12.4 Å². The smallest absolute Gasteiger partial charge is 0.375 e. The molecule has 6 heteroatoms. The largest absolute Gasteiger partial charge is 0.427 e. The van der Waals surface area contributed by atoms with Crippen LogP contribution in [0.5, 0.6) is 0 Å². The Morgan fingerprint density at radius 1 is 1.31 bits per heavy atom. The van der Waals surface area contributed by atoms with Gasteiger partial charge in [-0.25, -0.2) is 10.2 Å². The monoisotopic (exact) mass is 225 g/mol.